The zero-order chi connectivity index (χ0) is 15.8. The minimum absolute atomic E-state index is 0.536. The highest BCUT2D eigenvalue weighted by molar-refractivity contribution is 5.56. The summed E-state index contributed by atoms with van der Waals surface area (Å²) >= 11 is 0. The van der Waals surface area contributed by atoms with E-state index in [0.29, 0.717) is 17.7 Å². The van der Waals surface area contributed by atoms with Crippen molar-refractivity contribution in [2.75, 3.05) is 17.2 Å². The minimum Gasteiger partial charge on any atom is -0.353 e. The molecule has 0 aliphatic carbocycles. The maximum absolute atomic E-state index is 4.43. The molecule has 0 spiro atoms. The molecule has 0 saturated carbocycles. The Morgan fingerprint density at radius 1 is 1.09 bits per heavy atom. The molecule has 1 aromatic carbocycles. The van der Waals surface area contributed by atoms with E-state index in [4.69, 9.17) is 0 Å². The molecule has 0 aliphatic heterocycles. The van der Waals surface area contributed by atoms with Crippen molar-refractivity contribution in [2.24, 2.45) is 0 Å². The number of hydrogen-bond acceptors (Lipinski definition) is 5. The Bertz CT molecular complexity index is 566. The Labute approximate surface area is 132 Å². The summed E-state index contributed by atoms with van der Waals surface area (Å²) in [5.41, 5.74) is 2.33. The summed E-state index contributed by atoms with van der Waals surface area (Å²) in [5.74, 6) is 1.80. The van der Waals surface area contributed by atoms with Gasteiger partial charge >= 0.3 is 0 Å². The summed E-state index contributed by atoms with van der Waals surface area (Å²) in [7, 11) is 0. The van der Waals surface area contributed by atoms with Gasteiger partial charge in [0, 0.05) is 12.2 Å². The first-order valence-electron chi connectivity index (χ1n) is 7.99. The number of aromatic nitrogens is 3. The first-order chi connectivity index (χ1) is 10.7. The molecule has 2 N–H and O–H groups in total. The number of rotatable bonds is 8. The van der Waals surface area contributed by atoms with Crippen molar-refractivity contribution in [1.29, 1.82) is 0 Å². The van der Waals surface area contributed by atoms with Crippen LogP contribution in [-0.2, 0) is 0 Å². The fraction of sp³-hybridized carbons (Fsp3) is 0.471. The number of anilines is 3. The predicted octanol–water partition coefficient (Wildman–Crippen LogP) is 4.34. The summed E-state index contributed by atoms with van der Waals surface area (Å²) in [6, 6.07) is 8.38. The largest absolute Gasteiger partial charge is 0.353 e. The van der Waals surface area contributed by atoms with E-state index >= 15 is 0 Å². The van der Waals surface area contributed by atoms with E-state index in [1.165, 1.54) is 18.4 Å². The van der Waals surface area contributed by atoms with Gasteiger partial charge in [-0.2, -0.15) is 10.1 Å². The van der Waals surface area contributed by atoms with Gasteiger partial charge in [-0.3, -0.25) is 0 Å². The van der Waals surface area contributed by atoms with Crippen LogP contribution < -0.4 is 10.6 Å². The molecule has 0 fully saturated rings. The normalized spacial score (nSPS) is 10.7. The van der Waals surface area contributed by atoms with Gasteiger partial charge in [-0.05, 0) is 30.0 Å². The lowest BCUT2D eigenvalue weighted by Crippen LogP contribution is -2.07. The van der Waals surface area contributed by atoms with Crippen molar-refractivity contribution in [3.8, 4) is 0 Å². The molecule has 0 aliphatic rings. The van der Waals surface area contributed by atoms with E-state index in [2.05, 4.69) is 70.9 Å². The van der Waals surface area contributed by atoms with Gasteiger partial charge in [-0.15, -0.1) is 5.10 Å². The molecule has 1 aromatic heterocycles. The lowest BCUT2D eigenvalue weighted by Gasteiger charge is -2.09. The van der Waals surface area contributed by atoms with Crippen LogP contribution in [0.25, 0.3) is 0 Å². The van der Waals surface area contributed by atoms with Crippen molar-refractivity contribution < 1.29 is 0 Å². The lowest BCUT2D eigenvalue weighted by molar-refractivity contribution is 0.738. The monoisotopic (exact) mass is 299 g/mol. The fourth-order valence-electron chi connectivity index (χ4n) is 2.11. The molecule has 5 nitrogen and oxygen atoms in total. The molecule has 0 unspecified atom stereocenters. The topological polar surface area (TPSA) is 62.7 Å². The molecule has 22 heavy (non-hydrogen) atoms. The van der Waals surface area contributed by atoms with Crippen LogP contribution in [0.1, 0.15) is 51.5 Å². The Kier molecular flexibility index (Phi) is 6.13. The highest BCUT2D eigenvalue weighted by Gasteiger charge is 2.02. The van der Waals surface area contributed by atoms with E-state index in [0.717, 1.165) is 18.7 Å². The zero-order valence-electron chi connectivity index (χ0n) is 13.6. The second-order valence-corrected chi connectivity index (χ2v) is 5.70. The molecule has 0 saturated heterocycles. The second-order valence-electron chi connectivity index (χ2n) is 5.70. The number of nitrogens with one attached hydrogen (secondary N) is 2. The van der Waals surface area contributed by atoms with Crippen molar-refractivity contribution in [3.05, 3.63) is 36.0 Å². The second kappa shape index (κ2) is 8.32. The van der Waals surface area contributed by atoms with Gasteiger partial charge in [-0.1, -0.05) is 45.7 Å². The highest BCUT2D eigenvalue weighted by atomic mass is 15.3. The summed E-state index contributed by atoms with van der Waals surface area (Å²) in [6.45, 7) is 7.44. The molecular formula is C17H25N5. The maximum atomic E-state index is 4.43. The molecule has 0 radical (unpaired) electrons. The van der Waals surface area contributed by atoms with Gasteiger partial charge in [0.2, 0.25) is 5.95 Å². The van der Waals surface area contributed by atoms with Crippen LogP contribution in [0.5, 0.6) is 0 Å². The number of unbranched alkanes of at least 4 members (excludes halogenated alkanes) is 2. The van der Waals surface area contributed by atoms with Crippen LogP contribution in [-0.4, -0.2) is 21.7 Å². The van der Waals surface area contributed by atoms with Gasteiger partial charge in [0.1, 0.15) is 0 Å². The highest BCUT2D eigenvalue weighted by Crippen LogP contribution is 2.19. The molecule has 5 heteroatoms. The van der Waals surface area contributed by atoms with E-state index in [9.17, 15) is 0 Å². The molecule has 2 rings (SSSR count). The maximum Gasteiger partial charge on any atom is 0.244 e. The van der Waals surface area contributed by atoms with Crippen LogP contribution in [0.15, 0.2) is 30.5 Å². The summed E-state index contributed by atoms with van der Waals surface area (Å²) < 4.78 is 0. The van der Waals surface area contributed by atoms with Gasteiger partial charge in [-0.25, -0.2) is 0 Å². The standard InChI is InChI=1S/C17H25N5/c1-4-5-6-11-18-17-21-16(12-19-22-17)20-15-9-7-14(8-10-15)13(2)3/h7-10,12-13H,4-6,11H2,1-3H3,(H2,18,20,21,22). The number of nitrogens with zero attached hydrogens (tertiary/aromatic N) is 3. The van der Waals surface area contributed by atoms with Crippen LogP contribution in [0.4, 0.5) is 17.5 Å². The van der Waals surface area contributed by atoms with Gasteiger partial charge in [0.25, 0.3) is 0 Å². The summed E-state index contributed by atoms with van der Waals surface area (Å²) in [5, 5.41) is 14.5. The molecule has 0 bridgehead atoms. The molecule has 2 aromatic rings. The fourth-order valence-corrected chi connectivity index (χ4v) is 2.11. The molecule has 0 atom stereocenters. The van der Waals surface area contributed by atoms with Crippen LogP contribution in [0.2, 0.25) is 0 Å². The smallest absolute Gasteiger partial charge is 0.244 e. The van der Waals surface area contributed by atoms with Crippen molar-refractivity contribution in [1.82, 2.24) is 15.2 Å². The summed E-state index contributed by atoms with van der Waals surface area (Å²) in [6.07, 6.45) is 5.16. The third kappa shape index (κ3) is 4.98. The first-order valence-corrected chi connectivity index (χ1v) is 7.99. The SMILES string of the molecule is CCCCCNc1nncc(Nc2ccc(C(C)C)cc2)n1. The average Bonchev–Trinajstić information content (AvgIpc) is 2.52. The predicted molar refractivity (Wildman–Crippen MR) is 91.7 cm³/mol. The molecule has 0 amide bonds. The van der Waals surface area contributed by atoms with E-state index in [1.54, 1.807) is 6.20 Å². The quantitative estimate of drug-likeness (QED) is 0.710. The Morgan fingerprint density at radius 3 is 2.55 bits per heavy atom. The Hall–Kier alpha value is -2.17. The third-order valence-electron chi connectivity index (χ3n) is 3.47. The third-order valence-corrected chi connectivity index (χ3v) is 3.47. The Morgan fingerprint density at radius 2 is 1.86 bits per heavy atom. The molecule has 1 heterocycles. The van der Waals surface area contributed by atoms with Crippen molar-refractivity contribution in [2.45, 2.75) is 46.0 Å². The van der Waals surface area contributed by atoms with E-state index in [-0.39, 0.29) is 0 Å². The van der Waals surface area contributed by atoms with Crippen LogP contribution in [0.3, 0.4) is 0 Å². The molecule has 118 valence electrons. The van der Waals surface area contributed by atoms with Gasteiger partial charge in [0.05, 0.1) is 6.20 Å². The number of hydrogen-bond donors (Lipinski definition) is 2. The minimum atomic E-state index is 0.536. The van der Waals surface area contributed by atoms with Crippen molar-refractivity contribution in [3.63, 3.8) is 0 Å². The van der Waals surface area contributed by atoms with Crippen LogP contribution in [0, 0.1) is 0 Å². The lowest BCUT2D eigenvalue weighted by atomic mass is 10.0. The molecular weight excluding hydrogens is 274 g/mol. The van der Waals surface area contributed by atoms with E-state index in [1.807, 2.05) is 0 Å². The van der Waals surface area contributed by atoms with Gasteiger partial charge in [0.15, 0.2) is 5.82 Å². The number of benzene rings is 1. The summed E-state index contributed by atoms with van der Waals surface area (Å²) in [4.78, 5) is 4.43. The zero-order valence-corrected chi connectivity index (χ0v) is 13.6. The average molecular weight is 299 g/mol. The first kappa shape index (κ1) is 16.2. The Balaban J connectivity index is 1.94. The van der Waals surface area contributed by atoms with Gasteiger partial charge < -0.3 is 10.6 Å². The van der Waals surface area contributed by atoms with E-state index < -0.39 is 0 Å². The van der Waals surface area contributed by atoms with Crippen molar-refractivity contribution >= 4 is 17.5 Å². The van der Waals surface area contributed by atoms with Crippen LogP contribution >= 0.6 is 0 Å².